The predicted octanol–water partition coefficient (Wildman–Crippen LogP) is 0.471. The van der Waals surface area contributed by atoms with Gasteiger partial charge in [-0.05, 0) is 20.8 Å². The molecule has 5 heteroatoms. The van der Waals surface area contributed by atoms with E-state index in [-0.39, 0.29) is 11.9 Å². The Morgan fingerprint density at radius 1 is 1.79 bits per heavy atom. The smallest absolute Gasteiger partial charge is 0.244 e. The lowest BCUT2D eigenvalue weighted by Crippen LogP contribution is -2.30. The fraction of sp³-hybridized carbons (Fsp3) is 0.556. The van der Waals surface area contributed by atoms with Crippen LogP contribution in [0.25, 0.3) is 0 Å². The first kappa shape index (κ1) is 10.6. The van der Waals surface area contributed by atoms with Crippen molar-refractivity contribution in [1.29, 1.82) is 0 Å². The highest BCUT2D eigenvalue weighted by Gasteiger charge is 2.15. The number of carbonyl (C=O) groups is 1. The molecular weight excluding hydrogens is 180 g/mol. The number of rotatable bonds is 3. The van der Waals surface area contributed by atoms with Crippen LogP contribution in [0.15, 0.2) is 6.20 Å². The summed E-state index contributed by atoms with van der Waals surface area (Å²) in [6.07, 6.45) is 1.77. The van der Waals surface area contributed by atoms with Gasteiger partial charge in [-0.3, -0.25) is 9.48 Å². The average molecular weight is 196 g/mol. The van der Waals surface area contributed by atoms with Gasteiger partial charge in [-0.1, -0.05) is 0 Å². The van der Waals surface area contributed by atoms with E-state index in [2.05, 4.69) is 10.4 Å². The summed E-state index contributed by atoms with van der Waals surface area (Å²) in [4.78, 5) is 11.5. The Balaban J connectivity index is 2.78. The Hall–Kier alpha value is -1.52. The number of amides is 1. The third-order valence-electron chi connectivity index (χ3n) is 2.08. The zero-order valence-electron chi connectivity index (χ0n) is 8.74. The van der Waals surface area contributed by atoms with E-state index in [0.717, 1.165) is 5.56 Å². The molecule has 1 aromatic heterocycles. The van der Waals surface area contributed by atoms with Gasteiger partial charge < -0.3 is 11.1 Å². The van der Waals surface area contributed by atoms with Crippen molar-refractivity contribution in [1.82, 2.24) is 15.1 Å². The van der Waals surface area contributed by atoms with Gasteiger partial charge >= 0.3 is 0 Å². The standard InChI is InChI=1S/C9H16N4O/c1-4-11-9(14)7(3)13-5-6(2)8(10)12-13/h5,7H,4H2,1-3H3,(H2,10,12)(H,11,14). The van der Waals surface area contributed by atoms with Crippen LogP contribution in [0.3, 0.4) is 0 Å². The van der Waals surface area contributed by atoms with Gasteiger partial charge in [-0.2, -0.15) is 5.10 Å². The van der Waals surface area contributed by atoms with Crippen LogP contribution in [0.2, 0.25) is 0 Å². The maximum Gasteiger partial charge on any atom is 0.244 e. The summed E-state index contributed by atoms with van der Waals surface area (Å²) in [7, 11) is 0. The summed E-state index contributed by atoms with van der Waals surface area (Å²) < 4.78 is 1.58. The van der Waals surface area contributed by atoms with Crippen molar-refractivity contribution in [2.75, 3.05) is 12.3 Å². The quantitative estimate of drug-likeness (QED) is 0.738. The Kier molecular flexibility index (Phi) is 3.11. The first-order chi connectivity index (χ1) is 6.56. The number of anilines is 1. The number of aryl methyl sites for hydroxylation is 1. The number of aromatic nitrogens is 2. The lowest BCUT2D eigenvalue weighted by atomic mass is 10.3. The Bertz CT molecular complexity index is 312. The Morgan fingerprint density at radius 2 is 2.43 bits per heavy atom. The number of nitrogens with two attached hydrogens (primary N) is 1. The number of hydrogen-bond acceptors (Lipinski definition) is 3. The molecule has 0 aliphatic heterocycles. The van der Waals surface area contributed by atoms with Crippen LogP contribution < -0.4 is 11.1 Å². The molecule has 1 rings (SSSR count). The van der Waals surface area contributed by atoms with Crippen LogP contribution in [0.4, 0.5) is 5.82 Å². The number of nitrogens with zero attached hydrogens (tertiary/aromatic N) is 2. The van der Waals surface area contributed by atoms with Gasteiger partial charge in [-0.15, -0.1) is 0 Å². The van der Waals surface area contributed by atoms with Crippen molar-refractivity contribution in [3.63, 3.8) is 0 Å². The van der Waals surface area contributed by atoms with Gasteiger partial charge in [0.2, 0.25) is 5.91 Å². The number of hydrogen-bond donors (Lipinski definition) is 2. The Labute approximate surface area is 83.3 Å². The second-order valence-electron chi connectivity index (χ2n) is 3.25. The lowest BCUT2D eigenvalue weighted by molar-refractivity contribution is -0.124. The molecule has 0 radical (unpaired) electrons. The first-order valence-corrected chi connectivity index (χ1v) is 4.65. The molecule has 78 valence electrons. The van der Waals surface area contributed by atoms with E-state index in [1.54, 1.807) is 17.8 Å². The van der Waals surface area contributed by atoms with Crippen molar-refractivity contribution in [3.8, 4) is 0 Å². The van der Waals surface area contributed by atoms with E-state index >= 15 is 0 Å². The highest BCUT2D eigenvalue weighted by Crippen LogP contribution is 2.11. The molecule has 0 saturated carbocycles. The molecule has 1 amide bonds. The van der Waals surface area contributed by atoms with Crippen LogP contribution in [-0.2, 0) is 4.79 Å². The Morgan fingerprint density at radius 3 is 2.86 bits per heavy atom. The monoisotopic (exact) mass is 196 g/mol. The topological polar surface area (TPSA) is 72.9 Å². The second kappa shape index (κ2) is 4.13. The highest BCUT2D eigenvalue weighted by atomic mass is 16.2. The van der Waals surface area contributed by atoms with E-state index in [0.29, 0.717) is 12.4 Å². The molecule has 0 spiro atoms. The fourth-order valence-electron chi connectivity index (χ4n) is 1.14. The molecule has 3 N–H and O–H groups in total. The first-order valence-electron chi connectivity index (χ1n) is 4.65. The molecule has 0 aliphatic carbocycles. The number of nitrogen functional groups attached to an aromatic ring is 1. The van der Waals surface area contributed by atoms with Crippen molar-refractivity contribution < 1.29 is 4.79 Å². The van der Waals surface area contributed by atoms with Gasteiger partial charge in [0.15, 0.2) is 0 Å². The fourth-order valence-corrected chi connectivity index (χ4v) is 1.14. The molecule has 1 aromatic rings. The largest absolute Gasteiger partial charge is 0.382 e. The normalized spacial score (nSPS) is 12.5. The molecule has 0 fully saturated rings. The van der Waals surface area contributed by atoms with Crippen molar-refractivity contribution >= 4 is 11.7 Å². The van der Waals surface area contributed by atoms with Gasteiger partial charge in [0.25, 0.3) is 0 Å². The van der Waals surface area contributed by atoms with E-state index < -0.39 is 0 Å². The van der Waals surface area contributed by atoms with Crippen LogP contribution >= 0.6 is 0 Å². The number of likely N-dealkylation sites (N-methyl/N-ethyl adjacent to an activating group) is 1. The third kappa shape index (κ3) is 2.04. The minimum Gasteiger partial charge on any atom is -0.382 e. The molecule has 1 atom stereocenters. The van der Waals surface area contributed by atoms with Crippen molar-refractivity contribution in [2.45, 2.75) is 26.8 Å². The van der Waals surface area contributed by atoms with E-state index in [4.69, 9.17) is 5.73 Å². The molecule has 1 heterocycles. The summed E-state index contributed by atoms with van der Waals surface area (Å²) in [6, 6.07) is -0.314. The molecule has 0 aliphatic rings. The molecular formula is C9H16N4O. The van der Waals surface area contributed by atoms with Crippen molar-refractivity contribution in [2.24, 2.45) is 0 Å². The van der Waals surface area contributed by atoms with Gasteiger partial charge in [0, 0.05) is 18.3 Å². The number of carbonyl (C=O) groups excluding carboxylic acids is 1. The number of nitrogens with one attached hydrogen (secondary N) is 1. The van der Waals surface area contributed by atoms with E-state index in [9.17, 15) is 4.79 Å². The van der Waals surface area contributed by atoms with Crippen LogP contribution in [0.1, 0.15) is 25.5 Å². The van der Waals surface area contributed by atoms with Crippen molar-refractivity contribution in [3.05, 3.63) is 11.8 Å². The minimum absolute atomic E-state index is 0.0463. The summed E-state index contributed by atoms with van der Waals surface area (Å²) in [5.74, 6) is 0.427. The van der Waals surface area contributed by atoms with E-state index in [1.807, 2.05) is 13.8 Å². The van der Waals surface area contributed by atoms with E-state index in [1.165, 1.54) is 0 Å². The molecule has 0 bridgehead atoms. The maximum atomic E-state index is 11.5. The third-order valence-corrected chi connectivity index (χ3v) is 2.08. The molecule has 14 heavy (non-hydrogen) atoms. The zero-order chi connectivity index (χ0) is 10.7. The second-order valence-corrected chi connectivity index (χ2v) is 3.25. The minimum atomic E-state index is -0.314. The molecule has 1 unspecified atom stereocenters. The highest BCUT2D eigenvalue weighted by molar-refractivity contribution is 5.79. The van der Waals surface area contributed by atoms with Crippen LogP contribution in [0, 0.1) is 6.92 Å². The maximum absolute atomic E-state index is 11.5. The average Bonchev–Trinajstić information content (AvgIpc) is 2.46. The van der Waals surface area contributed by atoms with Gasteiger partial charge in [0.1, 0.15) is 11.9 Å². The SMILES string of the molecule is CCNC(=O)C(C)n1cc(C)c(N)n1. The molecule has 0 aromatic carbocycles. The predicted molar refractivity (Wildman–Crippen MR) is 54.8 cm³/mol. The zero-order valence-corrected chi connectivity index (χ0v) is 8.74. The summed E-state index contributed by atoms with van der Waals surface area (Å²) in [6.45, 7) is 6.16. The molecule has 0 saturated heterocycles. The van der Waals surface area contributed by atoms with Crippen LogP contribution in [0.5, 0.6) is 0 Å². The summed E-state index contributed by atoms with van der Waals surface area (Å²) in [5.41, 5.74) is 6.48. The molecule has 5 nitrogen and oxygen atoms in total. The lowest BCUT2D eigenvalue weighted by Gasteiger charge is -2.10. The summed E-state index contributed by atoms with van der Waals surface area (Å²) >= 11 is 0. The van der Waals surface area contributed by atoms with Gasteiger partial charge in [-0.25, -0.2) is 0 Å². The summed E-state index contributed by atoms with van der Waals surface area (Å²) in [5, 5.41) is 6.78. The van der Waals surface area contributed by atoms with Gasteiger partial charge in [0.05, 0.1) is 0 Å². The van der Waals surface area contributed by atoms with Crippen LogP contribution in [-0.4, -0.2) is 22.2 Å².